The van der Waals surface area contributed by atoms with Crippen molar-refractivity contribution in [2.24, 2.45) is 5.92 Å². The molecule has 0 spiro atoms. The second-order valence-corrected chi connectivity index (χ2v) is 9.59. The number of halogens is 1. The van der Waals surface area contributed by atoms with E-state index < -0.39 is 6.04 Å². The van der Waals surface area contributed by atoms with Gasteiger partial charge in [-0.2, -0.15) is 0 Å². The van der Waals surface area contributed by atoms with Crippen LogP contribution in [0.1, 0.15) is 49.8 Å². The molecule has 0 radical (unpaired) electrons. The number of ether oxygens (including phenoxy) is 4. The largest absolute Gasteiger partial charge is 0.493 e. The second-order valence-electron chi connectivity index (χ2n) is 9.33. The predicted molar refractivity (Wildman–Crippen MR) is 136 cm³/mol. The SMILES string of the molecule is COc1ccc(C(C(=O)NC2CCC(C)CC2)N(Cc2ccc3c(c2)OCO3)C(=O)CCl)cc1OC. The first kappa shape index (κ1) is 25.9. The third-order valence-electron chi connectivity index (χ3n) is 6.87. The van der Waals surface area contributed by atoms with Crippen molar-refractivity contribution in [3.63, 3.8) is 0 Å². The second kappa shape index (κ2) is 11.7. The Balaban J connectivity index is 1.69. The van der Waals surface area contributed by atoms with E-state index in [1.807, 2.05) is 12.1 Å². The van der Waals surface area contributed by atoms with Gasteiger partial charge in [0.15, 0.2) is 23.0 Å². The average molecular weight is 517 g/mol. The lowest BCUT2D eigenvalue weighted by Crippen LogP contribution is -2.47. The van der Waals surface area contributed by atoms with E-state index in [9.17, 15) is 9.59 Å². The number of methoxy groups -OCH3 is 2. The number of alkyl halides is 1. The first-order chi connectivity index (χ1) is 17.4. The van der Waals surface area contributed by atoms with Crippen LogP contribution in [-0.4, -0.2) is 49.6 Å². The summed E-state index contributed by atoms with van der Waals surface area (Å²) >= 11 is 6.04. The van der Waals surface area contributed by atoms with E-state index >= 15 is 0 Å². The highest BCUT2D eigenvalue weighted by molar-refractivity contribution is 6.27. The van der Waals surface area contributed by atoms with Gasteiger partial charge in [0.2, 0.25) is 18.6 Å². The molecule has 2 aromatic rings. The first-order valence-electron chi connectivity index (χ1n) is 12.2. The van der Waals surface area contributed by atoms with Crippen LogP contribution in [0.5, 0.6) is 23.0 Å². The van der Waals surface area contributed by atoms with Gasteiger partial charge in [0.05, 0.1) is 14.2 Å². The zero-order chi connectivity index (χ0) is 25.7. The van der Waals surface area contributed by atoms with Crippen LogP contribution in [-0.2, 0) is 16.1 Å². The molecule has 1 N–H and O–H groups in total. The monoisotopic (exact) mass is 516 g/mol. The summed E-state index contributed by atoms with van der Waals surface area (Å²) in [5, 5.41) is 3.20. The Bertz CT molecular complexity index is 1090. The van der Waals surface area contributed by atoms with Crippen molar-refractivity contribution < 1.29 is 28.5 Å². The van der Waals surface area contributed by atoms with E-state index in [0.717, 1.165) is 31.2 Å². The molecular weight excluding hydrogens is 484 g/mol. The minimum Gasteiger partial charge on any atom is -0.493 e. The van der Waals surface area contributed by atoms with Crippen molar-refractivity contribution >= 4 is 23.4 Å². The number of hydrogen-bond donors (Lipinski definition) is 1. The maximum atomic E-state index is 13.8. The van der Waals surface area contributed by atoms with Crippen LogP contribution in [0.2, 0.25) is 0 Å². The molecule has 1 fully saturated rings. The summed E-state index contributed by atoms with van der Waals surface area (Å²) in [6.07, 6.45) is 3.95. The summed E-state index contributed by atoms with van der Waals surface area (Å²) < 4.78 is 21.8. The molecule has 1 atom stereocenters. The Hall–Kier alpha value is -3.13. The van der Waals surface area contributed by atoms with E-state index in [1.165, 1.54) is 12.0 Å². The van der Waals surface area contributed by atoms with Crippen molar-refractivity contribution in [3.8, 4) is 23.0 Å². The van der Waals surface area contributed by atoms with Crippen LogP contribution in [0.4, 0.5) is 0 Å². The van der Waals surface area contributed by atoms with Crippen LogP contribution in [0, 0.1) is 5.92 Å². The number of nitrogens with zero attached hydrogens (tertiary/aromatic N) is 1. The highest BCUT2D eigenvalue weighted by Gasteiger charge is 2.34. The molecule has 8 nitrogen and oxygen atoms in total. The van der Waals surface area contributed by atoms with Crippen molar-refractivity contribution in [3.05, 3.63) is 47.5 Å². The van der Waals surface area contributed by atoms with Gasteiger partial charge in [0, 0.05) is 12.6 Å². The maximum absolute atomic E-state index is 13.8. The van der Waals surface area contributed by atoms with Crippen LogP contribution in [0.15, 0.2) is 36.4 Å². The Kier molecular flexibility index (Phi) is 8.46. The van der Waals surface area contributed by atoms with Gasteiger partial charge in [-0.05, 0) is 67.0 Å². The number of rotatable bonds is 9. The van der Waals surface area contributed by atoms with Gasteiger partial charge in [-0.15, -0.1) is 11.6 Å². The fourth-order valence-electron chi connectivity index (χ4n) is 4.82. The van der Waals surface area contributed by atoms with Crippen molar-refractivity contribution in [2.45, 2.75) is 51.2 Å². The zero-order valence-corrected chi connectivity index (χ0v) is 21.7. The summed E-state index contributed by atoms with van der Waals surface area (Å²) in [4.78, 5) is 28.5. The lowest BCUT2D eigenvalue weighted by molar-refractivity contribution is -0.140. The topological polar surface area (TPSA) is 86.3 Å². The lowest BCUT2D eigenvalue weighted by Gasteiger charge is -2.34. The van der Waals surface area contributed by atoms with Crippen LogP contribution < -0.4 is 24.3 Å². The van der Waals surface area contributed by atoms with Gasteiger partial charge in [-0.3, -0.25) is 9.59 Å². The minimum absolute atomic E-state index is 0.0647. The van der Waals surface area contributed by atoms with Crippen molar-refractivity contribution in [1.82, 2.24) is 10.2 Å². The maximum Gasteiger partial charge on any atom is 0.247 e. The van der Waals surface area contributed by atoms with Crippen LogP contribution in [0.25, 0.3) is 0 Å². The normalized spacial score (nSPS) is 19.3. The lowest BCUT2D eigenvalue weighted by atomic mass is 9.87. The Morgan fingerprint density at radius 3 is 2.44 bits per heavy atom. The number of carbonyl (C=O) groups is 2. The third kappa shape index (κ3) is 5.81. The molecule has 9 heteroatoms. The predicted octanol–water partition coefficient (Wildman–Crippen LogP) is 4.44. The van der Waals surface area contributed by atoms with Gasteiger partial charge < -0.3 is 29.2 Å². The molecule has 2 aliphatic rings. The molecule has 4 rings (SSSR count). The number of carbonyl (C=O) groups excluding carboxylic acids is 2. The molecule has 0 bridgehead atoms. The summed E-state index contributed by atoms with van der Waals surface area (Å²) in [7, 11) is 3.09. The van der Waals surface area contributed by atoms with Crippen molar-refractivity contribution in [1.29, 1.82) is 0 Å². The molecule has 194 valence electrons. The van der Waals surface area contributed by atoms with Gasteiger partial charge in [0.25, 0.3) is 0 Å². The van der Waals surface area contributed by atoms with Crippen LogP contribution in [0.3, 0.4) is 0 Å². The molecule has 1 aliphatic heterocycles. The molecule has 1 heterocycles. The van der Waals surface area contributed by atoms with E-state index in [0.29, 0.717) is 34.5 Å². The smallest absolute Gasteiger partial charge is 0.247 e. The van der Waals surface area contributed by atoms with Gasteiger partial charge in [-0.25, -0.2) is 0 Å². The number of amides is 2. The number of fused-ring (bicyclic) bond motifs is 1. The molecule has 1 unspecified atom stereocenters. The quantitative estimate of drug-likeness (QED) is 0.496. The summed E-state index contributed by atoms with van der Waals surface area (Å²) in [5.41, 5.74) is 1.40. The first-order valence-corrected chi connectivity index (χ1v) is 12.7. The standard InChI is InChI=1S/C27H33ClN2O6/c1-17-4-8-20(9-5-17)29-27(32)26(19-7-11-21(33-2)23(13-19)34-3)30(25(31)14-28)15-18-6-10-22-24(12-18)36-16-35-22/h6-7,10-13,17,20,26H,4-5,8-9,14-16H2,1-3H3,(H,29,32). The van der Waals surface area contributed by atoms with Crippen LogP contribution >= 0.6 is 11.6 Å². The Morgan fingerprint density at radius 2 is 1.75 bits per heavy atom. The fourth-order valence-corrected chi connectivity index (χ4v) is 4.97. The van der Waals surface area contributed by atoms with E-state index in [-0.39, 0.29) is 37.1 Å². The van der Waals surface area contributed by atoms with E-state index in [4.69, 9.17) is 30.5 Å². The highest BCUT2D eigenvalue weighted by Crippen LogP contribution is 2.36. The Labute approximate surface area is 216 Å². The number of hydrogen-bond acceptors (Lipinski definition) is 6. The summed E-state index contributed by atoms with van der Waals surface area (Å²) in [6.45, 7) is 2.55. The average Bonchev–Trinajstić information content (AvgIpc) is 3.37. The number of nitrogens with one attached hydrogen (secondary N) is 1. The van der Waals surface area contributed by atoms with Crippen molar-refractivity contribution in [2.75, 3.05) is 26.9 Å². The number of benzene rings is 2. The third-order valence-corrected chi connectivity index (χ3v) is 7.10. The molecule has 0 aromatic heterocycles. The molecule has 0 saturated heterocycles. The van der Waals surface area contributed by atoms with Gasteiger partial charge in [-0.1, -0.05) is 19.1 Å². The zero-order valence-electron chi connectivity index (χ0n) is 20.9. The minimum atomic E-state index is -0.916. The highest BCUT2D eigenvalue weighted by atomic mass is 35.5. The summed E-state index contributed by atoms with van der Waals surface area (Å²) in [6, 6.07) is 9.88. The van der Waals surface area contributed by atoms with Gasteiger partial charge >= 0.3 is 0 Å². The summed E-state index contributed by atoms with van der Waals surface area (Å²) in [5.74, 6) is 2.04. The van der Waals surface area contributed by atoms with E-state index in [1.54, 1.807) is 31.4 Å². The molecule has 2 amide bonds. The molecule has 1 aliphatic carbocycles. The Morgan fingerprint density at radius 1 is 1.03 bits per heavy atom. The molecule has 1 saturated carbocycles. The molecular formula is C27H33ClN2O6. The fraction of sp³-hybridized carbons (Fsp3) is 0.481. The molecule has 2 aromatic carbocycles. The van der Waals surface area contributed by atoms with E-state index in [2.05, 4.69) is 12.2 Å². The van der Waals surface area contributed by atoms with Gasteiger partial charge in [0.1, 0.15) is 11.9 Å². The molecule has 36 heavy (non-hydrogen) atoms.